The largest absolute Gasteiger partial charge is 0.352 e. The van der Waals surface area contributed by atoms with Crippen LogP contribution in [0.2, 0.25) is 0 Å². The Balaban J connectivity index is 2.87. The minimum absolute atomic E-state index is 0.111. The van der Waals surface area contributed by atoms with E-state index in [0.29, 0.717) is 19.4 Å². The Morgan fingerprint density at radius 2 is 2.11 bits per heavy atom. The standard InChI is InChI=1S/C12H11ClFNO3S/c1-2-3-4-5-15-12(16)9-6-10(14)8-11(7-9)19(13,17)18/h1,6-8H,3-5H2,(H,15,16). The summed E-state index contributed by atoms with van der Waals surface area (Å²) in [6.07, 6.45) is 6.14. The van der Waals surface area contributed by atoms with Crippen LogP contribution in [0.25, 0.3) is 0 Å². The number of halogens is 2. The first-order valence-electron chi connectivity index (χ1n) is 5.31. The van der Waals surface area contributed by atoms with Gasteiger partial charge in [0, 0.05) is 29.2 Å². The summed E-state index contributed by atoms with van der Waals surface area (Å²) in [5.74, 6) is 0.975. The van der Waals surface area contributed by atoms with Crippen molar-refractivity contribution in [3.63, 3.8) is 0 Å². The lowest BCUT2D eigenvalue weighted by atomic mass is 10.2. The molecule has 0 unspecified atom stereocenters. The molecule has 0 spiro atoms. The van der Waals surface area contributed by atoms with Gasteiger partial charge in [0.1, 0.15) is 5.82 Å². The predicted octanol–water partition coefficient (Wildman–Crippen LogP) is 1.90. The van der Waals surface area contributed by atoms with Crippen LogP contribution in [0.15, 0.2) is 23.1 Å². The average molecular weight is 304 g/mol. The van der Waals surface area contributed by atoms with E-state index in [4.69, 9.17) is 17.1 Å². The lowest BCUT2D eigenvalue weighted by Crippen LogP contribution is -2.24. The molecule has 1 rings (SSSR count). The molecular formula is C12H11ClFNO3S. The minimum Gasteiger partial charge on any atom is -0.352 e. The molecule has 1 aromatic rings. The normalized spacial score (nSPS) is 10.8. The molecule has 0 fully saturated rings. The summed E-state index contributed by atoms with van der Waals surface area (Å²) in [4.78, 5) is 11.2. The van der Waals surface area contributed by atoms with E-state index in [2.05, 4.69) is 11.2 Å². The Bertz CT molecular complexity index is 622. The van der Waals surface area contributed by atoms with Crippen LogP contribution >= 0.6 is 10.7 Å². The van der Waals surface area contributed by atoms with Crippen LogP contribution in [0, 0.1) is 18.2 Å². The maximum atomic E-state index is 13.2. The van der Waals surface area contributed by atoms with Gasteiger partial charge in [-0.1, -0.05) is 0 Å². The van der Waals surface area contributed by atoms with Crippen LogP contribution in [0.3, 0.4) is 0 Å². The number of benzene rings is 1. The summed E-state index contributed by atoms with van der Waals surface area (Å²) < 4.78 is 35.4. The van der Waals surface area contributed by atoms with Crippen molar-refractivity contribution in [3.05, 3.63) is 29.6 Å². The molecule has 102 valence electrons. The van der Waals surface area contributed by atoms with Crippen LogP contribution in [-0.4, -0.2) is 20.9 Å². The molecule has 0 saturated carbocycles. The molecular weight excluding hydrogens is 293 g/mol. The lowest BCUT2D eigenvalue weighted by Gasteiger charge is -2.05. The van der Waals surface area contributed by atoms with Crippen LogP contribution in [0.1, 0.15) is 23.2 Å². The molecule has 1 amide bonds. The van der Waals surface area contributed by atoms with E-state index >= 15 is 0 Å². The molecule has 0 bridgehead atoms. The minimum atomic E-state index is -4.08. The summed E-state index contributed by atoms with van der Waals surface area (Å²) in [7, 11) is 1.02. The highest BCUT2D eigenvalue weighted by atomic mass is 35.7. The Labute approximate surface area is 115 Å². The third-order valence-corrected chi connectivity index (χ3v) is 3.53. The van der Waals surface area contributed by atoms with Crippen molar-refractivity contribution in [2.24, 2.45) is 0 Å². The molecule has 1 aromatic carbocycles. The molecule has 0 aromatic heterocycles. The summed E-state index contributed by atoms with van der Waals surface area (Å²) in [6, 6.07) is 2.70. The van der Waals surface area contributed by atoms with Gasteiger partial charge >= 0.3 is 0 Å². The van der Waals surface area contributed by atoms with Gasteiger partial charge in [-0.15, -0.1) is 12.3 Å². The first-order valence-corrected chi connectivity index (χ1v) is 7.62. The van der Waals surface area contributed by atoms with Gasteiger partial charge in [-0.2, -0.15) is 0 Å². The van der Waals surface area contributed by atoms with Crippen LogP contribution in [-0.2, 0) is 9.05 Å². The van der Waals surface area contributed by atoms with Crippen molar-refractivity contribution in [2.45, 2.75) is 17.7 Å². The van der Waals surface area contributed by atoms with Crippen LogP contribution in [0.4, 0.5) is 4.39 Å². The van der Waals surface area contributed by atoms with Gasteiger partial charge < -0.3 is 5.32 Å². The number of unbranched alkanes of at least 4 members (excludes halogenated alkanes) is 1. The Morgan fingerprint density at radius 3 is 2.68 bits per heavy atom. The van der Waals surface area contributed by atoms with Gasteiger partial charge in [0.05, 0.1) is 4.90 Å². The maximum absolute atomic E-state index is 13.2. The molecule has 0 saturated heterocycles. The predicted molar refractivity (Wildman–Crippen MR) is 69.8 cm³/mol. The van der Waals surface area contributed by atoms with Gasteiger partial charge in [-0.3, -0.25) is 4.79 Å². The van der Waals surface area contributed by atoms with Crippen LogP contribution in [0.5, 0.6) is 0 Å². The van der Waals surface area contributed by atoms with Crippen molar-refractivity contribution >= 4 is 25.6 Å². The molecule has 0 atom stereocenters. The van der Waals surface area contributed by atoms with E-state index in [-0.39, 0.29) is 5.56 Å². The lowest BCUT2D eigenvalue weighted by molar-refractivity contribution is 0.0952. The van der Waals surface area contributed by atoms with E-state index in [0.717, 1.165) is 18.2 Å². The number of terminal acetylenes is 1. The quantitative estimate of drug-likeness (QED) is 0.513. The number of hydrogen-bond acceptors (Lipinski definition) is 3. The Morgan fingerprint density at radius 1 is 1.42 bits per heavy atom. The monoisotopic (exact) mass is 303 g/mol. The van der Waals surface area contributed by atoms with Gasteiger partial charge in [0.2, 0.25) is 0 Å². The zero-order chi connectivity index (χ0) is 14.5. The highest BCUT2D eigenvalue weighted by Crippen LogP contribution is 2.18. The molecule has 0 radical (unpaired) electrons. The van der Waals surface area contributed by atoms with E-state index in [1.165, 1.54) is 0 Å². The second-order valence-electron chi connectivity index (χ2n) is 3.68. The number of amides is 1. The van der Waals surface area contributed by atoms with Gasteiger partial charge in [-0.25, -0.2) is 12.8 Å². The second-order valence-corrected chi connectivity index (χ2v) is 6.24. The topological polar surface area (TPSA) is 63.2 Å². The van der Waals surface area contributed by atoms with Crippen LogP contribution < -0.4 is 5.32 Å². The second kappa shape index (κ2) is 6.55. The summed E-state index contributed by atoms with van der Waals surface area (Å²) >= 11 is 0. The van der Waals surface area contributed by atoms with Crippen molar-refractivity contribution < 1.29 is 17.6 Å². The fraction of sp³-hybridized carbons (Fsp3) is 0.250. The van der Waals surface area contributed by atoms with Gasteiger partial charge in [0.25, 0.3) is 15.0 Å². The summed E-state index contributed by atoms with van der Waals surface area (Å²) in [5, 5.41) is 2.50. The zero-order valence-electron chi connectivity index (χ0n) is 9.82. The zero-order valence-corrected chi connectivity index (χ0v) is 11.4. The first kappa shape index (κ1) is 15.5. The third-order valence-electron chi connectivity index (χ3n) is 2.20. The van der Waals surface area contributed by atoms with Crippen molar-refractivity contribution in [1.82, 2.24) is 5.32 Å². The molecule has 0 aliphatic carbocycles. The molecule has 0 heterocycles. The van der Waals surface area contributed by atoms with Gasteiger partial charge in [-0.05, 0) is 24.6 Å². The Hall–Kier alpha value is -1.58. The summed E-state index contributed by atoms with van der Waals surface area (Å²) in [6.45, 7) is 0.322. The fourth-order valence-electron chi connectivity index (χ4n) is 1.33. The average Bonchev–Trinajstić information content (AvgIpc) is 2.32. The number of nitrogens with one attached hydrogen (secondary N) is 1. The maximum Gasteiger partial charge on any atom is 0.261 e. The SMILES string of the molecule is C#CCCCNC(=O)c1cc(F)cc(S(=O)(=O)Cl)c1. The number of carbonyl (C=O) groups excluding carboxylic acids is 1. The molecule has 1 N–H and O–H groups in total. The summed E-state index contributed by atoms with van der Waals surface area (Å²) in [5.41, 5.74) is -0.111. The molecule has 19 heavy (non-hydrogen) atoms. The van der Waals surface area contributed by atoms with Crippen molar-refractivity contribution in [2.75, 3.05) is 6.54 Å². The highest BCUT2D eigenvalue weighted by molar-refractivity contribution is 8.13. The molecule has 7 heteroatoms. The molecule has 4 nitrogen and oxygen atoms in total. The number of hydrogen-bond donors (Lipinski definition) is 1. The van der Waals surface area contributed by atoms with Crippen molar-refractivity contribution in [1.29, 1.82) is 0 Å². The smallest absolute Gasteiger partial charge is 0.261 e. The van der Waals surface area contributed by atoms with Gasteiger partial charge in [0.15, 0.2) is 0 Å². The molecule has 0 aliphatic rings. The number of carbonyl (C=O) groups is 1. The number of rotatable bonds is 5. The fourth-order valence-corrected chi connectivity index (χ4v) is 2.12. The van der Waals surface area contributed by atoms with Crippen molar-refractivity contribution in [3.8, 4) is 12.3 Å². The van der Waals surface area contributed by atoms with E-state index in [9.17, 15) is 17.6 Å². The first-order chi connectivity index (χ1) is 8.84. The van der Waals surface area contributed by atoms with E-state index in [1.807, 2.05) is 0 Å². The van der Waals surface area contributed by atoms with E-state index < -0.39 is 25.7 Å². The molecule has 0 aliphatic heterocycles. The Kier molecular flexibility index (Phi) is 5.33. The van der Waals surface area contributed by atoms with E-state index in [1.54, 1.807) is 0 Å². The highest BCUT2D eigenvalue weighted by Gasteiger charge is 2.15. The third kappa shape index (κ3) is 4.89.